The Bertz CT molecular complexity index is 1430. The third kappa shape index (κ3) is 4.44. The number of fused-ring (bicyclic) bond motifs is 1. The van der Waals surface area contributed by atoms with Gasteiger partial charge in [-0.1, -0.05) is 37.3 Å². The number of aryl methyl sites for hydroxylation is 1. The lowest BCUT2D eigenvalue weighted by Crippen LogP contribution is -2.47. The van der Waals surface area contributed by atoms with E-state index >= 15 is 0 Å². The summed E-state index contributed by atoms with van der Waals surface area (Å²) >= 11 is 0. The standard InChI is InChI=1S/C28H29N3O3S/c1-3-21-8-14-24(15-9-21)35(32,33)27-20-29-26-7-5-4-6-25(26)28(27)31-18-16-30(17-19-31)22-10-12-23(34-2)13-11-22/h4-15,20H,3,16-19H2,1-2H3. The number of para-hydroxylation sites is 1. The second-order valence-electron chi connectivity index (χ2n) is 8.66. The van der Waals surface area contributed by atoms with Gasteiger partial charge in [0, 0.05) is 43.4 Å². The first-order valence-electron chi connectivity index (χ1n) is 11.9. The average molecular weight is 488 g/mol. The first kappa shape index (κ1) is 23.2. The molecule has 2 heterocycles. The molecule has 0 bridgehead atoms. The number of benzene rings is 3. The summed E-state index contributed by atoms with van der Waals surface area (Å²) in [6, 6.07) is 23.0. The van der Waals surface area contributed by atoms with Crippen molar-refractivity contribution in [3.8, 4) is 5.75 Å². The van der Waals surface area contributed by atoms with E-state index in [2.05, 4.69) is 33.8 Å². The van der Waals surface area contributed by atoms with E-state index in [9.17, 15) is 8.42 Å². The smallest absolute Gasteiger partial charge is 0.210 e. The zero-order valence-corrected chi connectivity index (χ0v) is 20.8. The van der Waals surface area contributed by atoms with Crippen molar-refractivity contribution in [3.05, 3.63) is 84.6 Å². The molecular weight excluding hydrogens is 458 g/mol. The highest BCUT2D eigenvalue weighted by Gasteiger charge is 2.28. The van der Waals surface area contributed by atoms with Crippen molar-refractivity contribution in [2.75, 3.05) is 43.1 Å². The molecule has 1 aliphatic heterocycles. The summed E-state index contributed by atoms with van der Waals surface area (Å²) in [5.41, 5.74) is 3.77. The Morgan fingerprint density at radius 1 is 0.857 bits per heavy atom. The van der Waals surface area contributed by atoms with Crippen LogP contribution in [0.3, 0.4) is 0 Å². The number of ether oxygens (including phenoxy) is 1. The molecule has 0 spiro atoms. The number of methoxy groups -OCH3 is 1. The normalized spacial score (nSPS) is 14.3. The Kier molecular flexibility index (Phi) is 6.34. The first-order chi connectivity index (χ1) is 17.0. The molecule has 1 aliphatic rings. The molecule has 0 N–H and O–H groups in total. The van der Waals surface area contributed by atoms with Crippen LogP contribution in [0.25, 0.3) is 10.9 Å². The zero-order chi connectivity index (χ0) is 24.4. The summed E-state index contributed by atoms with van der Waals surface area (Å²) in [5.74, 6) is 0.831. The Hall–Kier alpha value is -3.58. The number of rotatable bonds is 6. The molecule has 0 atom stereocenters. The molecule has 35 heavy (non-hydrogen) atoms. The van der Waals surface area contributed by atoms with Gasteiger partial charge in [-0.15, -0.1) is 0 Å². The molecule has 0 radical (unpaired) electrons. The fraction of sp³-hybridized carbons (Fsp3) is 0.250. The van der Waals surface area contributed by atoms with E-state index in [-0.39, 0.29) is 4.90 Å². The fourth-order valence-electron chi connectivity index (χ4n) is 4.64. The molecule has 3 aromatic carbocycles. The highest BCUT2D eigenvalue weighted by atomic mass is 32.2. The number of aromatic nitrogens is 1. The van der Waals surface area contributed by atoms with Crippen LogP contribution in [0.4, 0.5) is 11.4 Å². The maximum Gasteiger partial charge on any atom is 0.210 e. The molecule has 4 aromatic rings. The molecule has 7 heteroatoms. The van der Waals surface area contributed by atoms with Crippen LogP contribution in [0, 0.1) is 0 Å². The molecule has 0 amide bonds. The summed E-state index contributed by atoms with van der Waals surface area (Å²) in [4.78, 5) is 9.58. The van der Waals surface area contributed by atoms with Crippen molar-refractivity contribution in [3.63, 3.8) is 0 Å². The van der Waals surface area contributed by atoms with Gasteiger partial charge in [-0.2, -0.15) is 0 Å². The Morgan fingerprint density at radius 2 is 1.51 bits per heavy atom. The van der Waals surface area contributed by atoms with Crippen LogP contribution in [0.5, 0.6) is 5.75 Å². The van der Waals surface area contributed by atoms with Crippen molar-refractivity contribution in [1.82, 2.24) is 4.98 Å². The molecule has 6 nitrogen and oxygen atoms in total. The predicted molar refractivity (Wildman–Crippen MR) is 140 cm³/mol. The maximum absolute atomic E-state index is 13.8. The van der Waals surface area contributed by atoms with Crippen LogP contribution in [-0.2, 0) is 16.3 Å². The number of nitrogens with zero attached hydrogens (tertiary/aromatic N) is 3. The van der Waals surface area contributed by atoms with E-state index in [0.717, 1.165) is 53.1 Å². The minimum absolute atomic E-state index is 0.262. The lowest BCUT2D eigenvalue weighted by atomic mass is 10.1. The Labute approximate surface area is 206 Å². The summed E-state index contributed by atoms with van der Waals surface area (Å²) in [7, 11) is -2.08. The van der Waals surface area contributed by atoms with Gasteiger partial charge in [0.15, 0.2) is 0 Å². The third-order valence-corrected chi connectivity index (χ3v) is 8.45. The predicted octanol–water partition coefficient (Wildman–Crippen LogP) is 4.97. The van der Waals surface area contributed by atoms with Crippen molar-refractivity contribution >= 4 is 32.1 Å². The van der Waals surface area contributed by atoms with E-state index < -0.39 is 9.84 Å². The van der Waals surface area contributed by atoms with Gasteiger partial charge in [0.05, 0.1) is 23.2 Å². The quantitative estimate of drug-likeness (QED) is 0.383. The highest BCUT2D eigenvalue weighted by Crippen LogP contribution is 2.36. The molecule has 1 saturated heterocycles. The van der Waals surface area contributed by atoms with E-state index in [1.54, 1.807) is 19.2 Å². The summed E-state index contributed by atoms with van der Waals surface area (Å²) in [6.45, 7) is 5.04. The van der Waals surface area contributed by atoms with E-state index in [1.165, 1.54) is 6.20 Å². The molecule has 5 rings (SSSR count). The number of hydrogen-bond acceptors (Lipinski definition) is 6. The van der Waals surface area contributed by atoms with E-state index in [4.69, 9.17) is 4.74 Å². The Balaban J connectivity index is 1.51. The number of piperazine rings is 1. The van der Waals surface area contributed by atoms with Gasteiger partial charge in [-0.05, 0) is 54.4 Å². The maximum atomic E-state index is 13.8. The van der Waals surface area contributed by atoms with Crippen LogP contribution in [0.2, 0.25) is 0 Å². The molecule has 1 fully saturated rings. The van der Waals surface area contributed by atoms with Crippen molar-refractivity contribution in [2.24, 2.45) is 0 Å². The largest absolute Gasteiger partial charge is 0.497 e. The van der Waals surface area contributed by atoms with Crippen molar-refractivity contribution < 1.29 is 13.2 Å². The highest BCUT2D eigenvalue weighted by molar-refractivity contribution is 7.91. The third-order valence-electron chi connectivity index (χ3n) is 6.68. The number of sulfone groups is 1. The Morgan fingerprint density at radius 3 is 2.17 bits per heavy atom. The number of anilines is 2. The second kappa shape index (κ2) is 9.58. The van der Waals surface area contributed by atoms with Crippen molar-refractivity contribution in [2.45, 2.75) is 23.1 Å². The van der Waals surface area contributed by atoms with Gasteiger partial charge in [0.2, 0.25) is 9.84 Å². The summed E-state index contributed by atoms with van der Waals surface area (Å²) in [6.07, 6.45) is 2.39. The topological polar surface area (TPSA) is 62.7 Å². The SMILES string of the molecule is CCc1ccc(S(=O)(=O)c2cnc3ccccc3c2N2CCN(c3ccc(OC)cc3)CC2)cc1. The zero-order valence-electron chi connectivity index (χ0n) is 20.0. The van der Waals surface area contributed by atoms with Gasteiger partial charge in [-0.25, -0.2) is 8.42 Å². The lowest BCUT2D eigenvalue weighted by molar-refractivity contribution is 0.415. The summed E-state index contributed by atoms with van der Waals surface area (Å²) in [5, 5.41) is 0.858. The van der Waals surface area contributed by atoms with Crippen LogP contribution in [-0.4, -0.2) is 46.7 Å². The minimum atomic E-state index is -3.74. The molecular formula is C28H29N3O3S. The van der Waals surface area contributed by atoms with E-state index in [0.29, 0.717) is 18.0 Å². The average Bonchev–Trinajstić information content (AvgIpc) is 2.92. The van der Waals surface area contributed by atoms with Gasteiger partial charge in [0.1, 0.15) is 10.6 Å². The number of hydrogen-bond donors (Lipinski definition) is 0. The lowest BCUT2D eigenvalue weighted by Gasteiger charge is -2.38. The second-order valence-corrected chi connectivity index (χ2v) is 10.6. The van der Waals surface area contributed by atoms with Gasteiger partial charge < -0.3 is 14.5 Å². The molecule has 180 valence electrons. The van der Waals surface area contributed by atoms with Gasteiger partial charge >= 0.3 is 0 Å². The van der Waals surface area contributed by atoms with Crippen LogP contribution in [0.15, 0.2) is 88.8 Å². The van der Waals surface area contributed by atoms with Gasteiger partial charge in [0.25, 0.3) is 0 Å². The number of pyridine rings is 1. The van der Waals surface area contributed by atoms with Crippen LogP contribution in [0.1, 0.15) is 12.5 Å². The molecule has 0 aliphatic carbocycles. The van der Waals surface area contributed by atoms with Gasteiger partial charge in [-0.3, -0.25) is 4.98 Å². The molecule has 0 unspecified atom stereocenters. The van der Waals surface area contributed by atoms with E-state index in [1.807, 2.05) is 48.5 Å². The molecule has 1 aromatic heterocycles. The summed E-state index contributed by atoms with van der Waals surface area (Å²) < 4.78 is 32.9. The van der Waals surface area contributed by atoms with Crippen molar-refractivity contribution in [1.29, 1.82) is 0 Å². The van der Waals surface area contributed by atoms with Crippen LogP contribution >= 0.6 is 0 Å². The first-order valence-corrected chi connectivity index (χ1v) is 13.4. The fourth-order valence-corrected chi connectivity index (χ4v) is 6.08. The minimum Gasteiger partial charge on any atom is -0.497 e. The molecule has 0 saturated carbocycles. The monoisotopic (exact) mass is 487 g/mol. The van der Waals surface area contributed by atoms with Crippen LogP contribution < -0.4 is 14.5 Å².